The van der Waals surface area contributed by atoms with Crippen molar-refractivity contribution < 1.29 is 0 Å². The van der Waals surface area contributed by atoms with Crippen LogP contribution in [0.2, 0.25) is 0 Å². The summed E-state index contributed by atoms with van der Waals surface area (Å²) in [6.07, 6.45) is 0. The van der Waals surface area contributed by atoms with E-state index in [2.05, 4.69) is 301 Å². The number of rotatable bonds is 7. The molecule has 0 saturated carbocycles. The number of hydrogen-bond donors (Lipinski definition) is 0. The third-order valence-electron chi connectivity index (χ3n) is 17.1. The van der Waals surface area contributed by atoms with Crippen molar-refractivity contribution in [3.8, 4) is 50.2 Å². The molecule has 76 heavy (non-hydrogen) atoms. The number of para-hydroxylation sites is 3. The minimum Gasteiger partial charge on any atom is -0.309 e. The summed E-state index contributed by atoms with van der Waals surface area (Å²) in [5.41, 5.74) is 25.7. The van der Waals surface area contributed by atoms with Gasteiger partial charge in [-0.05, 0) is 114 Å². The van der Waals surface area contributed by atoms with Gasteiger partial charge in [-0.15, -0.1) is 0 Å². The topological polar surface area (TPSA) is 8.17 Å². The van der Waals surface area contributed by atoms with Crippen molar-refractivity contribution in [1.29, 1.82) is 0 Å². The summed E-state index contributed by atoms with van der Waals surface area (Å²) in [4.78, 5) is 2.62. The van der Waals surface area contributed by atoms with Gasteiger partial charge in [0.15, 0.2) is 0 Å². The highest BCUT2D eigenvalue weighted by atomic mass is 15.2. The zero-order valence-electron chi connectivity index (χ0n) is 41.6. The fourth-order valence-corrected chi connectivity index (χ4v) is 14.1. The van der Waals surface area contributed by atoms with Gasteiger partial charge >= 0.3 is 0 Å². The van der Waals surface area contributed by atoms with E-state index in [0.717, 1.165) is 28.2 Å². The Kier molecular flexibility index (Phi) is 9.20. The standard InChI is InChI=1S/C74H48N2/c1-4-23-49(24-5-1)50-43-45-51(46-44-50)55-29-13-19-39-67(55)75(70-42-22-38-65-71(70)59-33-12-17-36-63(59)73(65,52-25-6-2-7-26-52)53-27-8-3-9-28-53)54-47-60-58-32-14-20-40-68(58)76-69-41-21-18-37-64(69)74(66(48-54)72(60)76)61-34-15-10-30-56(61)57-31-11-16-35-62(57)74/h1-48H. The van der Waals surface area contributed by atoms with Gasteiger partial charge in [-0.25, -0.2) is 0 Å². The van der Waals surface area contributed by atoms with Crippen LogP contribution in [0.25, 0.3) is 72.0 Å². The maximum Gasteiger partial charge on any atom is 0.0755 e. The molecule has 12 aromatic carbocycles. The van der Waals surface area contributed by atoms with Crippen LogP contribution >= 0.6 is 0 Å². The van der Waals surface area contributed by atoms with Crippen molar-refractivity contribution in [2.45, 2.75) is 10.8 Å². The molecule has 0 bridgehead atoms. The molecule has 2 heterocycles. The maximum atomic E-state index is 2.62. The smallest absolute Gasteiger partial charge is 0.0755 e. The molecule has 13 aromatic rings. The van der Waals surface area contributed by atoms with Gasteiger partial charge in [0, 0.05) is 27.6 Å². The summed E-state index contributed by atoms with van der Waals surface area (Å²) >= 11 is 0. The largest absolute Gasteiger partial charge is 0.309 e. The molecule has 0 amide bonds. The Labute approximate surface area is 442 Å². The van der Waals surface area contributed by atoms with Crippen molar-refractivity contribution in [3.05, 3.63) is 336 Å². The van der Waals surface area contributed by atoms with Gasteiger partial charge in [-0.3, -0.25) is 0 Å². The molecule has 0 saturated heterocycles. The van der Waals surface area contributed by atoms with Gasteiger partial charge in [0.05, 0.1) is 38.9 Å². The molecular weight excluding hydrogens is 917 g/mol. The molecule has 0 atom stereocenters. The van der Waals surface area contributed by atoms with Crippen LogP contribution in [-0.4, -0.2) is 4.57 Å². The molecule has 3 aliphatic rings. The van der Waals surface area contributed by atoms with Crippen LogP contribution in [0.1, 0.15) is 44.5 Å². The lowest BCUT2D eigenvalue weighted by Crippen LogP contribution is -2.33. The van der Waals surface area contributed by atoms with Crippen LogP contribution < -0.4 is 4.90 Å². The average molecular weight is 965 g/mol. The van der Waals surface area contributed by atoms with E-state index < -0.39 is 10.8 Å². The van der Waals surface area contributed by atoms with Gasteiger partial charge in [0.25, 0.3) is 0 Å². The number of nitrogens with zero attached hydrogens (tertiary/aromatic N) is 2. The average Bonchev–Trinajstić information content (AvgIpc) is 4.27. The predicted octanol–water partition coefficient (Wildman–Crippen LogP) is 18.6. The van der Waals surface area contributed by atoms with E-state index >= 15 is 0 Å². The third kappa shape index (κ3) is 5.70. The summed E-state index contributed by atoms with van der Waals surface area (Å²) in [6.45, 7) is 0. The molecule has 0 fully saturated rings. The van der Waals surface area contributed by atoms with Crippen LogP contribution in [0.15, 0.2) is 291 Å². The van der Waals surface area contributed by atoms with E-state index in [-0.39, 0.29) is 0 Å². The Balaban J connectivity index is 1.05. The predicted molar refractivity (Wildman–Crippen MR) is 315 cm³/mol. The summed E-state index contributed by atoms with van der Waals surface area (Å²) in [7, 11) is 0. The molecule has 0 N–H and O–H groups in total. The van der Waals surface area contributed by atoms with E-state index in [1.54, 1.807) is 0 Å². The van der Waals surface area contributed by atoms with E-state index in [0.29, 0.717) is 0 Å². The highest BCUT2D eigenvalue weighted by molar-refractivity contribution is 6.15. The zero-order chi connectivity index (χ0) is 50.0. The van der Waals surface area contributed by atoms with Gasteiger partial charge in [-0.1, -0.05) is 255 Å². The zero-order valence-corrected chi connectivity index (χ0v) is 41.6. The Morgan fingerprint density at radius 1 is 0.289 bits per heavy atom. The van der Waals surface area contributed by atoms with Crippen molar-refractivity contribution in [1.82, 2.24) is 4.57 Å². The Morgan fingerprint density at radius 2 is 0.776 bits per heavy atom. The van der Waals surface area contributed by atoms with Crippen LogP contribution in [0.3, 0.4) is 0 Å². The molecule has 1 spiro atoms. The summed E-state index contributed by atoms with van der Waals surface area (Å²) < 4.78 is 2.56. The molecule has 16 rings (SSSR count). The van der Waals surface area contributed by atoms with E-state index in [1.165, 1.54) is 105 Å². The summed E-state index contributed by atoms with van der Waals surface area (Å²) in [5.74, 6) is 0. The molecule has 2 nitrogen and oxygen atoms in total. The van der Waals surface area contributed by atoms with Crippen molar-refractivity contribution in [2.75, 3.05) is 4.90 Å². The monoisotopic (exact) mass is 964 g/mol. The summed E-state index contributed by atoms with van der Waals surface area (Å²) in [5, 5.41) is 2.46. The lowest BCUT2D eigenvalue weighted by atomic mass is 9.65. The maximum absolute atomic E-state index is 2.62. The number of fused-ring (bicyclic) bond motifs is 15. The highest BCUT2D eigenvalue weighted by Crippen LogP contribution is 2.64. The van der Waals surface area contributed by atoms with Gasteiger partial charge < -0.3 is 9.47 Å². The number of benzene rings is 12. The van der Waals surface area contributed by atoms with Crippen LogP contribution in [0, 0.1) is 0 Å². The molecule has 0 unspecified atom stereocenters. The second-order valence-electron chi connectivity index (χ2n) is 20.6. The van der Waals surface area contributed by atoms with E-state index in [9.17, 15) is 0 Å². The molecule has 0 radical (unpaired) electrons. The van der Waals surface area contributed by atoms with Crippen molar-refractivity contribution in [2.24, 2.45) is 0 Å². The normalized spacial score (nSPS) is 13.7. The summed E-state index contributed by atoms with van der Waals surface area (Å²) in [6, 6.07) is 109. The minimum atomic E-state index is -0.623. The van der Waals surface area contributed by atoms with Gasteiger partial charge in [0.2, 0.25) is 0 Å². The first kappa shape index (κ1) is 42.7. The Bertz CT molecular complexity index is 4370. The SMILES string of the molecule is c1ccc(-c2ccc(-c3ccccc3N(c3cc4c5c(c3)c3ccccc3n5-c3ccccc3C43c4ccccc4-c4ccccc43)c3cccc4c3-c3ccccc3C4(c3ccccc3)c3ccccc3)cc2)cc1. The minimum absolute atomic E-state index is 0.586. The van der Waals surface area contributed by atoms with Crippen molar-refractivity contribution >= 4 is 38.9 Å². The first-order valence-corrected chi connectivity index (χ1v) is 26.5. The lowest BCUT2D eigenvalue weighted by molar-refractivity contribution is 0.748. The second kappa shape index (κ2) is 16.4. The molecule has 1 aliphatic heterocycles. The lowest BCUT2D eigenvalue weighted by Gasteiger charge is -2.40. The van der Waals surface area contributed by atoms with E-state index in [1.807, 2.05) is 0 Å². The van der Waals surface area contributed by atoms with Crippen LogP contribution in [-0.2, 0) is 10.8 Å². The Morgan fingerprint density at radius 3 is 1.46 bits per heavy atom. The molecule has 2 aliphatic carbocycles. The van der Waals surface area contributed by atoms with Crippen LogP contribution in [0.5, 0.6) is 0 Å². The fourth-order valence-electron chi connectivity index (χ4n) is 14.1. The number of aromatic nitrogens is 1. The quantitative estimate of drug-likeness (QED) is 0.155. The highest BCUT2D eigenvalue weighted by Gasteiger charge is 2.52. The van der Waals surface area contributed by atoms with E-state index in [4.69, 9.17) is 0 Å². The Hall–Kier alpha value is -9.76. The third-order valence-corrected chi connectivity index (χ3v) is 17.1. The van der Waals surface area contributed by atoms with Gasteiger partial charge in [-0.2, -0.15) is 0 Å². The van der Waals surface area contributed by atoms with Crippen molar-refractivity contribution in [3.63, 3.8) is 0 Å². The molecular formula is C74H48N2. The first-order chi connectivity index (χ1) is 37.7. The first-order valence-electron chi connectivity index (χ1n) is 26.5. The number of anilines is 3. The fraction of sp³-hybridized carbons (Fsp3) is 0.0270. The molecule has 1 aromatic heterocycles. The molecule has 354 valence electrons. The molecule has 2 heteroatoms. The second-order valence-corrected chi connectivity index (χ2v) is 20.6. The van der Waals surface area contributed by atoms with Gasteiger partial charge in [0.1, 0.15) is 0 Å². The van der Waals surface area contributed by atoms with Crippen LogP contribution in [0.4, 0.5) is 17.1 Å². The number of hydrogen-bond acceptors (Lipinski definition) is 1.